The number of hydrogen-bond donors (Lipinski definition) is 0. The number of hydrogen-bond acceptors (Lipinski definition) is 0. The molecule has 1 heteroatoms. The average Bonchev–Trinajstić information content (AvgIpc) is 3.30. The minimum Gasteiger partial charge on any atom is -0.0842 e. The van der Waals surface area contributed by atoms with Gasteiger partial charge in [0.25, 0.3) is 0 Å². The Balaban J connectivity index is 1.01. The molecule has 5 unspecified atom stereocenters. The summed E-state index contributed by atoms with van der Waals surface area (Å²) in [6.07, 6.45) is 38.7. The third-order valence-electron chi connectivity index (χ3n) is 13.9. The number of aryl methyl sites for hydroxylation is 1. The van der Waals surface area contributed by atoms with Crippen molar-refractivity contribution < 1.29 is 0 Å². The van der Waals surface area contributed by atoms with E-state index in [0.29, 0.717) is 28.5 Å². The minimum absolute atomic E-state index is 0.295. The van der Waals surface area contributed by atoms with E-state index in [1.807, 2.05) is 0 Å². The molecule has 0 aliphatic heterocycles. The molecule has 0 radical (unpaired) electrons. The molecule has 0 nitrogen and oxygen atoms in total. The zero-order chi connectivity index (χ0) is 39.3. The Kier molecular flexibility index (Phi) is 9.66. The number of alkyl halides is 1. The summed E-state index contributed by atoms with van der Waals surface area (Å²) < 4.78 is 0. The third-order valence-corrected chi connectivity index (χ3v) is 14.6. The average molecular weight is 826 g/mol. The summed E-state index contributed by atoms with van der Waals surface area (Å²) in [4.78, 5) is 0.396. The van der Waals surface area contributed by atoms with Crippen LogP contribution in [0.15, 0.2) is 181 Å². The summed E-state index contributed by atoms with van der Waals surface area (Å²) in [7, 11) is 0. The normalized spacial score (nSPS) is 23.6. The van der Waals surface area contributed by atoms with Gasteiger partial charge in [-0.15, -0.1) is 0 Å². The van der Waals surface area contributed by atoms with Crippen molar-refractivity contribution in [1.29, 1.82) is 0 Å². The molecular weight excluding hydrogens is 777 g/mol. The molecular formula is C58H49Br. The van der Waals surface area contributed by atoms with Gasteiger partial charge in [0.2, 0.25) is 0 Å². The van der Waals surface area contributed by atoms with E-state index in [-0.39, 0.29) is 0 Å². The fourth-order valence-corrected chi connectivity index (χ4v) is 11.4. The van der Waals surface area contributed by atoms with E-state index >= 15 is 0 Å². The van der Waals surface area contributed by atoms with Crippen LogP contribution in [0.3, 0.4) is 0 Å². The Hall–Kier alpha value is -5.50. The van der Waals surface area contributed by atoms with Gasteiger partial charge in [0.05, 0.1) is 0 Å². The first-order valence-electron chi connectivity index (χ1n) is 21.8. The molecule has 288 valence electrons. The maximum atomic E-state index is 3.85. The summed E-state index contributed by atoms with van der Waals surface area (Å²) in [5, 5.41) is 8.26. The van der Waals surface area contributed by atoms with Gasteiger partial charge >= 0.3 is 0 Å². The third kappa shape index (κ3) is 6.78. The van der Waals surface area contributed by atoms with Gasteiger partial charge in [-0.1, -0.05) is 198 Å². The van der Waals surface area contributed by atoms with E-state index in [1.165, 1.54) is 87.3 Å². The van der Waals surface area contributed by atoms with E-state index in [9.17, 15) is 0 Å². The molecule has 6 aliphatic rings. The number of rotatable bonds is 7. The van der Waals surface area contributed by atoms with Crippen molar-refractivity contribution in [3.63, 3.8) is 0 Å². The predicted molar refractivity (Wildman–Crippen MR) is 254 cm³/mol. The van der Waals surface area contributed by atoms with Crippen molar-refractivity contribution in [2.24, 2.45) is 17.8 Å². The molecule has 5 aromatic carbocycles. The molecule has 59 heavy (non-hydrogen) atoms. The van der Waals surface area contributed by atoms with Crippen LogP contribution in [0.5, 0.6) is 0 Å². The van der Waals surface area contributed by atoms with E-state index in [2.05, 4.69) is 198 Å². The Labute approximate surface area is 356 Å². The highest BCUT2D eigenvalue weighted by Gasteiger charge is 2.34. The molecule has 0 spiro atoms. The van der Waals surface area contributed by atoms with Crippen molar-refractivity contribution in [2.45, 2.75) is 55.7 Å². The molecule has 5 atom stereocenters. The minimum atomic E-state index is 0.295. The van der Waals surface area contributed by atoms with E-state index < -0.39 is 0 Å². The fourth-order valence-electron chi connectivity index (χ4n) is 11.1. The van der Waals surface area contributed by atoms with Gasteiger partial charge in [-0.25, -0.2) is 0 Å². The Bertz CT molecular complexity index is 2990. The summed E-state index contributed by atoms with van der Waals surface area (Å²) >= 11 is 3.85. The molecule has 11 rings (SSSR count). The smallest absolute Gasteiger partial charge is 0.0363 e. The zero-order valence-electron chi connectivity index (χ0n) is 33.5. The highest BCUT2D eigenvalue weighted by atomic mass is 79.9. The quantitative estimate of drug-likeness (QED) is 0.143. The summed E-state index contributed by atoms with van der Waals surface area (Å²) in [5.74, 6) is 1.36. The van der Waals surface area contributed by atoms with E-state index in [4.69, 9.17) is 0 Å². The lowest BCUT2D eigenvalue weighted by Gasteiger charge is -2.36. The van der Waals surface area contributed by atoms with Crippen LogP contribution < -0.4 is 20.9 Å². The first-order valence-corrected chi connectivity index (χ1v) is 22.8. The Morgan fingerprint density at radius 1 is 0.712 bits per heavy atom. The van der Waals surface area contributed by atoms with Gasteiger partial charge < -0.3 is 0 Å². The van der Waals surface area contributed by atoms with Gasteiger partial charge in [-0.05, 0) is 144 Å². The topological polar surface area (TPSA) is 0 Å². The maximum absolute atomic E-state index is 3.85. The van der Waals surface area contributed by atoms with Crippen LogP contribution in [0.4, 0.5) is 0 Å². The number of fused-ring (bicyclic) bond motifs is 7. The van der Waals surface area contributed by atoms with Crippen LogP contribution in [0.25, 0.3) is 40.1 Å². The molecule has 0 saturated heterocycles. The fraction of sp³-hybridized carbons (Fsp3) is 0.207. The van der Waals surface area contributed by atoms with Gasteiger partial charge in [0.15, 0.2) is 0 Å². The maximum Gasteiger partial charge on any atom is 0.0363 e. The van der Waals surface area contributed by atoms with Gasteiger partial charge in [0.1, 0.15) is 0 Å². The molecule has 0 aromatic heterocycles. The standard InChI is InChI=1S/C58H49Br/c59-44-31-29-40(30-32-44)54(56-35-41-13-1-4-16-45(41)48-19-7-10-22-51(48)56)33-38-25-27-39(28-26-38)34-55(57-36-42-14-2-5-17-46(42)49-20-8-11-23-52(49)57)58-37-43-15-3-6-18-47(43)50-21-9-12-24-53(50)58/h1-8,11-20,23-31,35-37,44,51-52,55,57H,9-10,21-22,32-34H2. The van der Waals surface area contributed by atoms with Crippen molar-refractivity contribution in [1.82, 2.24) is 0 Å². The van der Waals surface area contributed by atoms with Crippen molar-refractivity contribution in [2.75, 3.05) is 0 Å². The molecule has 0 heterocycles. The summed E-state index contributed by atoms with van der Waals surface area (Å²) in [5.41, 5.74) is 14.6. The lowest BCUT2D eigenvalue weighted by molar-refractivity contribution is 0.470. The molecule has 6 aliphatic carbocycles. The monoisotopic (exact) mass is 824 g/mol. The van der Waals surface area contributed by atoms with Gasteiger partial charge in [-0.2, -0.15) is 0 Å². The first kappa shape index (κ1) is 36.6. The van der Waals surface area contributed by atoms with E-state index in [1.54, 1.807) is 0 Å². The SMILES string of the molecule is BrC1C=CC(C(Cc2ccc(CC(c3cc4ccccc4c4c3C=CCC4)C3C=c4ccccc4=C4C=CC=CC43)cc2)=C2C=c3ccccc3=C3C=CCCC23)=CC1. The van der Waals surface area contributed by atoms with Gasteiger partial charge in [0, 0.05) is 16.7 Å². The molecule has 5 aromatic rings. The largest absolute Gasteiger partial charge is 0.0842 e. The summed E-state index contributed by atoms with van der Waals surface area (Å²) in [6.45, 7) is 0. The zero-order valence-corrected chi connectivity index (χ0v) is 35.1. The molecule has 0 bridgehead atoms. The van der Waals surface area contributed by atoms with Crippen LogP contribution in [0, 0.1) is 17.8 Å². The van der Waals surface area contributed by atoms with Crippen LogP contribution in [-0.2, 0) is 19.3 Å². The van der Waals surface area contributed by atoms with Crippen molar-refractivity contribution in [3.8, 4) is 0 Å². The first-order chi connectivity index (χ1) is 29.2. The molecule has 0 fully saturated rings. The van der Waals surface area contributed by atoms with Crippen LogP contribution >= 0.6 is 15.9 Å². The highest BCUT2D eigenvalue weighted by molar-refractivity contribution is 9.09. The molecule has 0 amide bonds. The van der Waals surface area contributed by atoms with Crippen LogP contribution in [0.2, 0.25) is 0 Å². The summed E-state index contributed by atoms with van der Waals surface area (Å²) in [6, 6.07) is 39.5. The highest BCUT2D eigenvalue weighted by Crippen LogP contribution is 2.45. The number of halogens is 1. The van der Waals surface area contributed by atoms with Crippen molar-refractivity contribution >= 4 is 56.1 Å². The van der Waals surface area contributed by atoms with Crippen LogP contribution in [-0.4, -0.2) is 4.83 Å². The Morgan fingerprint density at radius 3 is 2.36 bits per heavy atom. The number of allylic oxidation sites excluding steroid dienone is 13. The van der Waals surface area contributed by atoms with E-state index in [0.717, 1.165) is 44.9 Å². The lowest BCUT2D eigenvalue weighted by atomic mass is 9.67. The number of benzene rings is 5. The molecule has 0 saturated carbocycles. The van der Waals surface area contributed by atoms with Gasteiger partial charge in [-0.3, -0.25) is 0 Å². The lowest BCUT2D eigenvalue weighted by Crippen LogP contribution is -2.38. The second-order valence-corrected chi connectivity index (χ2v) is 18.5. The second kappa shape index (κ2) is 15.6. The Morgan fingerprint density at radius 2 is 1.49 bits per heavy atom. The second-order valence-electron chi connectivity index (χ2n) is 17.3. The van der Waals surface area contributed by atoms with Crippen molar-refractivity contribution in [3.05, 3.63) is 229 Å². The predicted octanol–water partition coefficient (Wildman–Crippen LogP) is 11.2. The van der Waals surface area contributed by atoms with Crippen LogP contribution in [0.1, 0.15) is 59.4 Å². The molecule has 0 N–H and O–H groups in total.